The van der Waals surface area contributed by atoms with Gasteiger partial charge in [0.15, 0.2) is 5.78 Å². The van der Waals surface area contributed by atoms with E-state index in [1.807, 2.05) is 0 Å². The Morgan fingerprint density at radius 3 is 2.56 bits per heavy atom. The minimum atomic E-state index is -0.778. The molecule has 0 aromatic heterocycles. The standard InChI is InChI=1S/C13H13ClO4/c1-3-18-13(17)10-5-4-9(7-15)6-11(10)12(16)8(2)14/h4-8H,3H2,1-2H3. The summed E-state index contributed by atoms with van der Waals surface area (Å²) in [7, 11) is 0. The van der Waals surface area contributed by atoms with E-state index >= 15 is 0 Å². The Kier molecular flexibility index (Phi) is 5.04. The third-order valence-corrected chi connectivity index (χ3v) is 2.50. The Morgan fingerprint density at radius 1 is 1.39 bits per heavy atom. The minimum absolute atomic E-state index is 0.112. The van der Waals surface area contributed by atoms with E-state index in [2.05, 4.69) is 0 Å². The lowest BCUT2D eigenvalue weighted by Gasteiger charge is -2.09. The van der Waals surface area contributed by atoms with Crippen molar-refractivity contribution < 1.29 is 19.1 Å². The number of ketones is 1. The van der Waals surface area contributed by atoms with Crippen LogP contribution in [0.5, 0.6) is 0 Å². The number of Topliss-reactive ketones (excluding diaryl/α,β-unsaturated/α-hetero) is 1. The summed E-state index contributed by atoms with van der Waals surface area (Å²) in [6, 6.07) is 4.20. The fourth-order valence-corrected chi connectivity index (χ4v) is 1.56. The van der Waals surface area contributed by atoms with Crippen molar-refractivity contribution in [1.82, 2.24) is 0 Å². The van der Waals surface area contributed by atoms with Crippen LogP contribution in [-0.2, 0) is 4.74 Å². The Morgan fingerprint density at radius 2 is 2.06 bits per heavy atom. The Hall–Kier alpha value is -1.68. The molecule has 1 rings (SSSR count). The normalized spacial score (nSPS) is 11.7. The Labute approximate surface area is 110 Å². The Bertz CT molecular complexity index is 480. The van der Waals surface area contributed by atoms with Crippen molar-refractivity contribution in [1.29, 1.82) is 0 Å². The smallest absolute Gasteiger partial charge is 0.338 e. The molecule has 0 saturated carbocycles. The van der Waals surface area contributed by atoms with Crippen LogP contribution >= 0.6 is 11.6 Å². The fourth-order valence-electron chi connectivity index (χ4n) is 1.44. The van der Waals surface area contributed by atoms with Crippen LogP contribution in [0.1, 0.15) is 44.9 Å². The predicted octanol–water partition coefficient (Wildman–Crippen LogP) is 2.49. The van der Waals surface area contributed by atoms with Crippen LogP contribution in [0.2, 0.25) is 0 Å². The third-order valence-electron chi connectivity index (χ3n) is 2.30. The summed E-state index contributed by atoms with van der Waals surface area (Å²) in [4.78, 5) is 34.3. The van der Waals surface area contributed by atoms with Gasteiger partial charge < -0.3 is 4.74 Å². The van der Waals surface area contributed by atoms with Crippen molar-refractivity contribution in [2.75, 3.05) is 6.61 Å². The molecule has 0 aliphatic heterocycles. The first-order valence-electron chi connectivity index (χ1n) is 5.45. The first-order valence-corrected chi connectivity index (χ1v) is 5.89. The van der Waals surface area contributed by atoms with E-state index in [1.54, 1.807) is 6.92 Å². The first kappa shape index (κ1) is 14.4. The number of halogens is 1. The van der Waals surface area contributed by atoms with Crippen molar-refractivity contribution in [3.63, 3.8) is 0 Å². The minimum Gasteiger partial charge on any atom is -0.462 e. The number of carbonyl (C=O) groups excluding carboxylic acids is 3. The van der Waals surface area contributed by atoms with Crippen LogP contribution in [0.4, 0.5) is 0 Å². The SMILES string of the molecule is CCOC(=O)c1ccc(C=O)cc1C(=O)C(C)Cl. The van der Waals surface area contributed by atoms with Gasteiger partial charge in [-0.15, -0.1) is 11.6 Å². The number of rotatable bonds is 5. The topological polar surface area (TPSA) is 60.4 Å². The number of hydrogen-bond acceptors (Lipinski definition) is 4. The van der Waals surface area contributed by atoms with E-state index in [0.29, 0.717) is 11.8 Å². The average molecular weight is 269 g/mol. The van der Waals surface area contributed by atoms with Crippen molar-refractivity contribution >= 4 is 29.6 Å². The molecule has 1 aromatic carbocycles. The molecule has 5 heteroatoms. The van der Waals surface area contributed by atoms with E-state index in [4.69, 9.17) is 16.3 Å². The predicted molar refractivity (Wildman–Crippen MR) is 67.4 cm³/mol. The van der Waals surface area contributed by atoms with Gasteiger partial charge in [-0.3, -0.25) is 9.59 Å². The maximum absolute atomic E-state index is 11.9. The molecule has 0 N–H and O–H groups in total. The molecule has 1 unspecified atom stereocenters. The summed E-state index contributed by atoms with van der Waals surface area (Å²) in [5.41, 5.74) is 0.546. The molecule has 1 atom stereocenters. The third kappa shape index (κ3) is 3.17. The van der Waals surface area contributed by atoms with Crippen molar-refractivity contribution in [2.45, 2.75) is 19.2 Å². The maximum atomic E-state index is 11.9. The summed E-state index contributed by atoms with van der Waals surface area (Å²) in [6.45, 7) is 3.38. The second-order valence-corrected chi connectivity index (χ2v) is 4.28. The largest absolute Gasteiger partial charge is 0.462 e. The molecule has 0 amide bonds. The lowest BCUT2D eigenvalue weighted by molar-refractivity contribution is 0.0523. The summed E-state index contributed by atoms with van der Waals surface area (Å²) >= 11 is 5.72. The van der Waals surface area contributed by atoms with Gasteiger partial charge in [0.1, 0.15) is 6.29 Å². The number of ether oxygens (including phenoxy) is 1. The second-order valence-electron chi connectivity index (χ2n) is 3.62. The van der Waals surface area contributed by atoms with Crippen LogP contribution in [0.25, 0.3) is 0 Å². The lowest BCUT2D eigenvalue weighted by atomic mass is 9.99. The molecule has 0 heterocycles. The van der Waals surface area contributed by atoms with Gasteiger partial charge in [0.05, 0.1) is 17.5 Å². The summed E-state index contributed by atoms with van der Waals surface area (Å²) in [5.74, 6) is -1.01. The van der Waals surface area contributed by atoms with Gasteiger partial charge in [-0.2, -0.15) is 0 Å². The van der Waals surface area contributed by atoms with Gasteiger partial charge in [-0.05, 0) is 26.0 Å². The van der Waals surface area contributed by atoms with Crippen LogP contribution < -0.4 is 0 Å². The van der Waals surface area contributed by atoms with Gasteiger partial charge in [0, 0.05) is 11.1 Å². The monoisotopic (exact) mass is 268 g/mol. The molecule has 0 spiro atoms. The molecular formula is C13H13ClO4. The number of alkyl halides is 1. The molecule has 0 fully saturated rings. The number of esters is 1. The van der Waals surface area contributed by atoms with Crippen LogP contribution in [0.3, 0.4) is 0 Å². The zero-order chi connectivity index (χ0) is 13.7. The molecule has 0 aliphatic carbocycles. The number of carbonyl (C=O) groups is 3. The number of aldehydes is 1. The zero-order valence-corrected chi connectivity index (χ0v) is 10.9. The molecule has 0 bridgehead atoms. The highest BCUT2D eigenvalue weighted by Gasteiger charge is 2.21. The molecule has 0 saturated heterocycles. The van der Waals surface area contributed by atoms with Crippen LogP contribution in [0.15, 0.2) is 18.2 Å². The van der Waals surface area contributed by atoms with Crippen LogP contribution in [0, 0.1) is 0 Å². The molecule has 96 valence electrons. The maximum Gasteiger partial charge on any atom is 0.338 e. The molecule has 0 radical (unpaired) electrons. The fraction of sp³-hybridized carbons (Fsp3) is 0.308. The van der Waals surface area contributed by atoms with Gasteiger partial charge in [0.25, 0.3) is 0 Å². The highest BCUT2D eigenvalue weighted by Crippen LogP contribution is 2.17. The summed E-state index contributed by atoms with van der Waals surface area (Å²) in [6.07, 6.45) is 0.602. The van der Waals surface area contributed by atoms with Crippen LogP contribution in [-0.4, -0.2) is 30.0 Å². The highest BCUT2D eigenvalue weighted by atomic mass is 35.5. The molecular weight excluding hydrogens is 256 g/mol. The summed E-state index contributed by atoms with van der Waals surface area (Å²) < 4.78 is 4.85. The van der Waals surface area contributed by atoms with Crippen molar-refractivity contribution in [3.05, 3.63) is 34.9 Å². The first-order chi connectivity index (χ1) is 8.51. The quantitative estimate of drug-likeness (QED) is 0.356. The lowest BCUT2D eigenvalue weighted by Crippen LogP contribution is -2.17. The molecule has 18 heavy (non-hydrogen) atoms. The molecule has 4 nitrogen and oxygen atoms in total. The number of benzene rings is 1. The highest BCUT2D eigenvalue weighted by molar-refractivity contribution is 6.34. The molecule has 1 aromatic rings. The van der Waals surface area contributed by atoms with E-state index in [0.717, 1.165) is 0 Å². The van der Waals surface area contributed by atoms with Crippen molar-refractivity contribution in [3.8, 4) is 0 Å². The van der Waals surface area contributed by atoms with E-state index < -0.39 is 17.1 Å². The van der Waals surface area contributed by atoms with Gasteiger partial charge >= 0.3 is 5.97 Å². The van der Waals surface area contributed by atoms with Gasteiger partial charge in [-0.1, -0.05) is 6.07 Å². The Balaban J connectivity index is 3.28. The van der Waals surface area contributed by atoms with Gasteiger partial charge in [0.2, 0.25) is 0 Å². The van der Waals surface area contributed by atoms with E-state index in [-0.39, 0.29) is 17.7 Å². The van der Waals surface area contributed by atoms with E-state index in [9.17, 15) is 14.4 Å². The van der Waals surface area contributed by atoms with Crippen molar-refractivity contribution in [2.24, 2.45) is 0 Å². The van der Waals surface area contributed by atoms with E-state index in [1.165, 1.54) is 25.1 Å². The van der Waals surface area contributed by atoms with Gasteiger partial charge in [-0.25, -0.2) is 4.79 Å². The zero-order valence-electron chi connectivity index (χ0n) is 10.1. The average Bonchev–Trinajstić information content (AvgIpc) is 2.37. The number of hydrogen-bond donors (Lipinski definition) is 0. The second kappa shape index (κ2) is 6.31. The molecule has 0 aliphatic rings. The summed E-state index contributed by atoms with van der Waals surface area (Å²) in [5, 5.41) is -0.778.